The summed E-state index contributed by atoms with van der Waals surface area (Å²) >= 11 is 0. The Kier molecular flexibility index (Phi) is 3.84. The highest BCUT2D eigenvalue weighted by Gasteiger charge is 2.18. The number of nitrogens with zero attached hydrogens (tertiary/aromatic N) is 2. The largest absolute Gasteiger partial charge is 0.354 e. The smallest absolute Gasteiger partial charge is 0.273 e. The maximum absolute atomic E-state index is 12.7. The molecule has 0 amide bonds. The van der Waals surface area contributed by atoms with Crippen molar-refractivity contribution in [1.82, 2.24) is 20.2 Å². The minimum atomic E-state index is -0.235. The molecule has 0 saturated carbocycles. The van der Waals surface area contributed by atoms with Crippen LogP contribution in [-0.2, 0) is 0 Å². The van der Waals surface area contributed by atoms with Gasteiger partial charge in [-0.05, 0) is 29.8 Å². The van der Waals surface area contributed by atoms with Crippen molar-refractivity contribution < 1.29 is 0 Å². The Balaban J connectivity index is 1.80. The molecule has 5 nitrogen and oxygen atoms in total. The summed E-state index contributed by atoms with van der Waals surface area (Å²) in [6, 6.07) is 23.7. The molecule has 0 aliphatic carbocycles. The second kappa shape index (κ2) is 6.63. The molecular formula is C23H16N4O. The van der Waals surface area contributed by atoms with Gasteiger partial charge in [0, 0.05) is 34.4 Å². The van der Waals surface area contributed by atoms with Gasteiger partial charge in [0.25, 0.3) is 5.56 Å². The molecule has 0 bridgehead atoms. The Hall–Kier alpha value is -3.99. The van der Waals surface area contributed by atoms with Crippen molar-refractivity contribution >= 4 is 10.9 Å². The first kappa shape index (κ1) is 16.2. The van der Waals surface area contributed by atoms with Crippen molar-refractivity contribution in [3.05, 3.63) is 95.5 Å². The summed E-state index contributed by atoms with van der Waals surface area (Å²) in [6.45, 7) is 0. The second-order valence-electron chi connectivity index (χ2n) is 6.52. The van der Waals surface area contributed by atoms with Crippen molar-refractivity contribution in [2.45, 2.75) is 0 Å². The normalized spacial score (nSPS) is 11.0. The summed E-state index contributed by atoms with van der Waals surface area (Å²) in [4.78, 5) is 20.2. The average molecular weight is 364 g/mol. The molecule has 3 heterocycles. The first-order valence-corrected chi connectivity index (χ1v) is 8.98. The molecule has 5 aromatic rings. The van der Waals surface area contributed by atoms with Gasteiger partial charge in [-0.25, -0.2) is 5.10 Å². The number of aromatic amines is 2. The molecule has 0 fully saturated rings. The molecular weight excluding hydrogens is 348 g/mol. The van der Waals surface area contributed by atoms with E-state index in [4.69, 9.17) is 0 Å². The number of pyridine rings is 1. The molecule has 0 saturated heterocycles. The van der Waals surface area contributed by atoms with Crippen LogP contribution >= 0.6 is 0 Å². The summed E-state index contributed by atoms with van der Waals surface area (Å²) in [5, 5.41) is 7.93. The molecule has 5 heteroatoms. The van der Waals surface area contributed by atoms with Crippen LogP contribution in [0.4, 0.5) is 0 Å². The van der Waals surface area contributed by atoms with Crippen LogP contribution in [0.1, 0.15) is 0 Å². The van der Waals surface area contributed by atoms with Gasteiger partial charge in [-0.1, -0.05) is 48.5 Å². The maximum Gasteiger partial charge on any atom is 0.273 e. The molecule has 0 aliphatic rings. The fourth-order valence-corrected chi connectivity index (χ4v) is 3.51. The Bertz CT molecular complexity index is 1320. The van der Waals surface area contributed by atoms with Gasteiger partial charge in [-0.2, -0.15) is 5.10 Å². The van der Waals surface area contributed by atoms with Crippen LogP contribution in [0.25, 0.3) is 44.5 Å². The lowest BCUT2D eigenvalue weighted by Crippen LogP contribution is -2.12. The summed E-state index contributed by atoms with van der Waals surface area (Å²) in [7, 11) is 0. The Labute approximate surface area is 160 Å². The fraction of sp³-hybridized carbons (Fsp3) is 0. The van der Waals surface area contributed by atoms with Crippen LogP contribution in [0.3, 0.4) is 0 Å². The van der Waals surface area contributed by atoms with E-state index in [1.54, 1.807) is 12.4 Å². The number of H-pyrrole nitrogens is 2. The van der Waals surface area contributed by atoms with Gasteiger partial charge in [0.15, 0.2) is 0 Å². The van der Waals surface area contributed by atoms with Gasteiger partial charge in [0.05, 0.1) is 17.0 Å². The van der Waals surface area contributed by atoms with E-state index in [1.165, 1.54) is 0 Å². The number of rotatable bonds is 3. The molecule has 2 aromatic carbocycles. The standard InChI is InChI=1S/C23H16N4O/c28-23-18(14-20(26-27-23)15-10-12-24-13-11-15)22-21(16-6-2-1-3-7-16)17-8-4-5-9-19(17)25-22/h1-14,25H,(H,27,28). The number of benzene rings is 2. The van der Waals surface area contributed by atoms with Crippen LogP contribution in [0.15, 0.2) is 90.0 Å². The molecule has 2 N–H and O–H groups in total. The lowest BCUT2D eigenvalue weighted by Gasteiger charge is -2.07. The zero-order valence-corrected chi connectivity index (χ0v) is 14.9. The molecule has 0 unspecified atom stereocenters. The zero-order chi connectivity index (χ0) is 18.9. The average Bonchev–Trinajstić information content (AvgIpc) is 3.14. The molecule has 3 aromatic heterocycles. The van der Waals surface area contributed by atoms with Gasteiger partial charge in [-0.15, -0.1) is 0 Å². The van der Waals surface area contributed by atoms with Crippen molar-refractivity contribution in [2.24, 2.45) is 0 Å². The Morgan fingerprint density at radius 3 is 2.36 bits per heavy atom. The van der Waals surface area contributed by atoms with Gasteiger partial charge in [0.1, 0.15) is 0 Å². The summed E-state index contributed by atoms with van der Waals surface area (Å²) in [5.74, 6) is 0. The van der Waals surface area contributed by atoms with Crippen molar-refractivity contribution in [3.8, 4) is 33.6 Å². The van der Waals surface area contributed by atoms with E-state index in [0.29, 0.717) is 11.3 Å². The highest BCUT2D eigenvalue weighted by atomic mass is 16.1. The molecule has 134 valence electrons. The summed E-state index contributed by atoms with van der Waals surface area (Å²) in [5.41, 5.74) is 5.73. The lowest BCUT2D eigenvalue weighted by molar-refractivity contribution is 0.996. The zero-order valence-electron chi connectivity index (χ0n) is 14.9. The van der Waals surface area contributed by atoms with Crippen LogP contribution in [-0.4, -0.2) is 20.2 Å². The minimum Gasteiger partial charge on any atom is -0.354 e. The SMILES string of the molecule is O=c1[nH]nc(-c2ccncc2)cc1-c1[nH]c2ccccc2c1-c1ccccc1. The Morgan fingerprint density at radius 2 is 1.54 bits per heavy atom. The number of para-hydroxylation sites is 1. The molecule has 0 spiro atoms. The van der Waals surface area contributed by atoms with Crippen molar-refractivity contribution in [3.63, 3.8) is 0 Å². The summed E-state index contributed by atoms with van der Waals surface area (Å²) in [6.07, 6.45) is 3.42. The van der Waals surface area contributed by atoms with Crippen molar-refractivity contribution in [1.29, 1.82) is 0 Å². The van der Waals surface area contributed by atoms with E-state index in [0.717, 1.165) is 33.3 Å². The van der Waals surface area contributed by atoms with E-state index in [9.17, 15) is 4.79 Å². The highest BCUT2D eigenvalue weighted by molar-refractivity contribution is 6.03. The monoisotopic (exact) mass is 364 g/mol. The minimum absolute atomic E-state index is 0.235. The molecule has 28 heavy (non-hydrogen) atoms. The molecule has 0 radical (unpaired) electrons. The van der Waals surface area contributed by atoms with E-state index in [2.05, 4.69) is 38.4 Å². The predicted octanol–water partition coefficient (Wildman–Crippen LogP) is 4.65. The maximum atomic E-state index is 12.7. The molecule has 0 aliphatic heterocycles. The van der Waals surface area contributed by atoms with Crippen LogP contribution in [0.5, 0.6) is 0 Å². The first-order valence-electron chi connectivity index (χ1n) is 8.98. The van der Waals surface area contributed by atoms with E-state index in [1.807, 2.05) is 54.6 Å². The van der Waals surface area contributed by atoms with E-state index < -0.39 is 0 Å². The third-order valence-electron chi connectivity index (χ3n) is 4.82. The van der Waals surface area contributed by atoms with Gasteiger partial charge in [0.2, 0.25) is 0 Å². The topological polar surface area (TPSA) is 74.4 Å². The first-order chi connectivity index (χ1) is 13.8. The van der Waals surface area contributed by atoms with Gasteiger partial charge in [-0.3, -0.25) is 9.78 Å². The number of hydrogen-bond donors (Lipinski definition) is 2. The Morgan fingerprint density at radius 1 is 0.786 bits per heavy atom. The van der Waals surface area contributed by atoms with Gasteiger partial charge < -0.3 is 4.98 Å². The van der Waals surface area contributed by atoms with Crippen LogP contribution in [0, 0.1) is 0 Å². The van der Waals surface area contributed by atoms with E-state index >= 15 is 0 Å². The third-order valence-corrected chi connectivity index (χ3v) is 4.82. The second-order valence-corrected chi connectivity index (χ2v) is 6.52. The van der Waals surface area contributed by atoms with Crippen molar-refractivity contribution in [2.75, 3.05) is 0 Å². The fourth-order valence-electron chi connectivity index (χ4n) is 3.51. The number of fused-ring (bicyclic) bond motifs is 1. The third kappa shape index (κ3) is 2.70. The van der Waals surface area contributed by atoms with Crippen LogP contribution in [0.2, 0.25) is 0 Å². The number of aromatic nitrogens is 4. The highest BCUT2D eigenvalue weighted by Crippen LogP contribution is 2.37. The number of hydrogen-bond acceptors (Lipinski definition) is 3. The van der Waals surface area contributed by atoms with Gasteiger partial charge >= 0.3 is 0 Å². The molecule has 5 rings (SSSR count). The molecule has 0 atom stereocenters. The lowest BCUT2D eigenvalue weighted by atomic mass is 9.98. The summed E-state index contributed by atoms with van der Waals surface area (Å²) < 4.78 is 0. The van der Waals surface area contributed by atoms with E-state index in [-0.39, 0.29) is 5.56 Å². The predicted molar refractivity (Wildman–Crippen MR) is 111 cm³/mol. The quantitative estimate of drug-likeness (QED) is 0.489. The van der Waals surface area contributed by atoms with Crippen LogP contribution < -0.4 is 5.56 Å². The number of nitrogens with one attached hydrogen (secondary N) is 2.